The summed E-state index contributed by atoms with van der Waals surface area (Å²) in [4.78, 5) is 19.1. The zero-order valence-corrected chi connectivity index (χ0v) is 13.6. The lowest BCUT2D eigenvalue weighted by molar-refractivity contribution is 0.0715. The molecule has 0 saturated heterocycles. The number of imidazole rings is 1. The van der Waals surface area contributed by atoms with Crippen LogP contribution in [0, 0.1) is 18.8 Å². The Hall–Kier alpha value is -1.84. The summed E-state index contributed by atoms with van der Waals surface area (Å²) >= 11 is 0. The Balaban J connectivity index is 2.28. The van der Waals surface area contributed by atoms with Crippen LogP contribution in [0.3, 0.4) is 0 Å². The van der Waals surface area contributed by atoms with Crippen molar-refractivity contribution >= 4 is 11.6 Å². The fourth-order valence-electron chi connectivity index (χ4n) is 2.55. The van der Waals surface area contributed by atoms with Gasteiger partial charge in [-0.15, -0.1) is 0 Å². The monoisotopic (exact) mass is 287 g/mol. The molecule has 2 aromatic heterocycles. The van der Waals surface area contributed by atoms with Gasteiger partial charge in [-0.05, 0) is 30.9 Å². The van der Waals surface area contributed by atoms with E-state index in [9.17, 15) is 4.79 Å². The van der Waals surface area contributed by atoms with E-state index in [-0.39, 0.29) is 5.91 Å². The minimum Gasteiger partial charge on any atom is -0.338 e. The minimum absolute atomic E-state index is 0.0977. The number of hydrogen-bond donors (Lipinski definition) is 0. The molecule has 4 nitrogen and oxygen atoms in total. The standard InChI is InChI=1S/C17H25N3O/c1-12(2)9-20(10-13(3)4)17(21)15-6-7-19-11-14(5)18-16(19)8-15/h6-8,11-13H,9-10H2,1-5H3. The predicted molar refractivity (Wildman–Crippen MR) is 85.5 cm³/mol. The maximum atomic E-state index is 12.8. The van der Waals surface area contributed by atoms with Gasteiger partial charge in [0.2, 0.25) is 0 Å². The number of carbonyl (C=O) groups excluding carboxylic acids is 1. The number of aryl methyl sites for hydroxylation is 1. The molecule has 0 bridgehead atoms. The van der Waals surface area contributed by atoms with Crippen LogP contribution < -0.4 is 0 Å². The van der Waals surface area contributed by atoms with Gasteiger partial charge in [0.25, 0.3) is 5.91 Å². The maximum Gasteiger partial charge on any atom is 0.254 e. The van der Waals surface area contributed by atoms with Crippen LogP contribution in [0.1, 0.15) is 43.7 Å². The molecule has 0 unspecified atom stereocenters. The highest BCUT2D eigenvalue weighted by Gasteiger charge is 2.18. The molecule has 0 aliphatic rings. The number of amides is 1. The molecular weight excluding hydrogens is 262 g/mol. The Labute approximate surface area is 126 Å². The van der Waals surface area contributed by atoms with Gasteiger partial charge in [0, 0.05) is 31.0 Å². The highest BCUT2D eigenvalue weighted by molar-refractivity contribution is 5.95. The van der Waals surface area contributed by atoms with Crippen molar-refractivity contribution in [3.05, 3.63) is 35.8 Å². The van der Waals surface area contributed by atoms with E-state index < -0.39 is 0 Å². The molecule has 1 amide bonds. The lowest BCUT2D eigenvalue weighted by Gasteiger charge is -2.26. The highest BCUT2D eigenvalue weighted by Crippen LogP contribution is 2.13. The molecule has 0 saturated carbocycles. The molecule has 2 rings (SSSR count). The van der Waals surface area contributed by atoms with Gasteiger partial charge in [-0.1, -0.05) is 27.7 Å². The molecule has 0 radical (unpaired) electrons. The third-order valence-electron chi connectivity index (χ3n) is 3.29. The fourth-order valence-corrected chi connectivity index (χ4v) is 2.55. The Kier molecular flexibility index (Phi) is 4.66. The summed E-state index contributed by atoms with van der Waals surface area (Å²) in [6.45, 7) is 12.1. The highest BCUT2D eigenvalue weighted by atomic mass is 16.2. The summed E-state index contributed by atoms with van der Waals surface area (Å²) < 4.78 is 1.95. The summed E-state index contributed by atoms with van der Waals surface area (Å²) in [5, 5.41) is 0. The molecule has 0 aromatic carbocycles. The van der Waals surface area contributed by atoms with Gasteiger partial charge in [-0.25, -0.2) is 4.98 Å². The van der Waals surface area contributed by atoms with E-state index in [1.807, 2.05) is 40.8 Å². The molecule has 2 aromatic rings. The number of fused-ring (bicyclic) bond motifs is 1. The normalized spacial score (nSPS) is 11.6. The molecule has 0 aliphatic carbocycles. The van der Waals surface area contributed by atoms with E-state index in [2.05, 4.69) is 32.7 Å². The summed E-state index contributed by atoms with van der Waals surface area (Å²) in [6.07, 6.45) is 3.87. The summed E-state index contributed by atoms with van der Waals surface area (Å²) in [6, 6.07) is 3.76. The Morgan fingerprint density at radius 1 is 1.24 bits per heavy atom. The van der Waals surface area contributed by atoms with Crippen LogP contribution in [-0.2, 0) is 0 Å². The third kappa shape index (κ3) is 3.84. The third-order valence-corrected chi connectivity index (χ3v) is 3.29. The van der Waals surface area contributed by atoms with Crippen LogP contribution in [-0.4, -0.2) is 33.3 Å². The quantitative estimate of drug-likeness (QED) is 0.845. The van der Waals surface area contributed by atoms with E-state index >= 15 is 0 Å². The first-order valence-electron chi connectivity index (χ1n) is 7.61. The molecule has 0 aliphatic heterocycles. The molecule has 0 fully saturated rings. The van der Waals surface area contributed by atoms with Crippen molar-refractivity contribution in [3.8, 4) is 0 Å². The minimum atomic E-state index is 0.0977. The van der Waals surface area contributed by atoms with E-state index in [4.69, 9.17) is 0 Å². The van der Waals surface area contributed by atoms with Crippen LogP contribution >= 0.6 is 0 Å². The van der Waals surface area contributed by atoms with Crippen LogP contribution in [0.25, 0.3) is 5.65 Å². The first-order chi connectivity index (χ1) is 9.86. The first-order valence-corrected chi connectivity index (χ1v) is 7.61. The van der Waals surface area contributed by atoms with Crippen molar-refractivity contribution in [3.63, 3.8) is 0 Å². The van der Waals surface area contributed by atoms with Crippen LogP contribution in [0.2, 0.25) is 0 Å². The van der Waals surface area contributed by atoms with Crippen molar-refractivity contribution in [2.45, 2.75) is 34.6 Å². The molecule has 21 heavy (non-hydrogen) atoms. The van der Waals surface area contributed by atoms with Gasteiger partial charge in [0.1, 0.15) is 5.65 Å². The fraction of sp³-hybridized carbons (Fsp3) is 0.529. The average Bonchev–Trinajstić information content (AvgIpc) is 2.74. The van der Waals surface area contributed by atoms with Crippen LogP contribution in [0.4, 0.5) is 0 Å². The molecule has 4 heteroatoms. The molecule has 0 N–H and O–H groups in total. The first kappa shape index (κ1) is 15.5. The van der Waals surface area contributed by atoms with E-state index in [0.717, 1.165) is 30.0 Å². The van der Waals surface area contributed by atoms with Crippen LogP contribution in [0.15, 0.2) is 24.5 Å². The number of pyridine rings is 1. The Bertz CT molecular complexity index is 618. The number of hydrogen-bond acceptors (Lipinski definition) is 2. The number of carbonyl (C=O) groups is 1. The summed E-state index contributed by atoms with van der Waals surface area (Å²) in [7, 11) is 0. The van der Waals surface area contributed by atoms with Gasteiger partial charge >= 0.3 is 0 Å². The lowest BCUT2D eigenvalue weighted by Crippen LogP contribution is -2.37. The van der Waals surface area contributed by atoms with Crippen molar-refractivity contribution in [1.82, 2.24) is 14.3 Å². The second-order valence-corrected chi connectivity index (χ2v) is 6.56. The van der Waals surface area contributed by atoms with Gasteiger partial charge < -0.3 is 9.30 Å². The van der Waals surface area contributed by atoms with E-state index in [1.165, 1.54) is 0 Å². The molecule has 0 spiro atoms. The topological polar surface area (TPSA) is 37.6 Å². The summed E-state index contributed by atoms with van der Waals surface area (Å²) in [5.41, 5.74) is 2.50. The lowest BCUT2D eigenvalue weighted by atomic mass is 10.1. The average molecular weight is 287 g/mol. The number of rotatable bonds is 5. The van der Waals surface area contributed by atoms with Gasteiger partial charge in [-0.3, -0.25) is 4.79 Å². The Morgan fingerprint density at radius 3 is 2.43 bits per heavy atom. The second-order valence-electron chi connectivity index (χ2n) is 6.56. The zero-order chi connectivity index (χ0) is 15.6. The van der Waals surface area contributed by atoms with Crippen molar-refractivity contribution < 1.29 is 4.79 Å². The largest absolute Gasteiger partial charge is 0.338 e. The SMILES string of the molecule is Cc1cn2ccc(C(=O)N(CC(C)C)CC(C)C)cc2n1. The van der Waals surface area contributed by atoms with Gasteiger partial charge in [0.05, 0.1) is 5.69 Å². The van der Waals surface area contributed by atoms with E-state index in [0.29, 0.717) is 11.8 Å². The maximum absolute atomic E-state index is 12.8. The van der Waals surface area contributed by atoms with Crippen molar-refractivity contribution in [1.29, 1.82) is 0 Å². The smallest absolute Gasteiger partial charge is 0.254 e. The molecule has 114 valence electrons. The molecule has 0 atom stereocenters. The second kappa shape index (κ2) is 6.29. The number of nitrogens with zero attached hydrogens (tertiary/aromatic N) is 3. The van der Waals surface area contributed by atoms with Crippen LogP contribution in [0.5, 0.6) is 0 Å². The molecular formula is C17H25N3O. The van der Waals surface area contributed by atoms with E-state index in [1.54, 1.807) is 0 Å². The zero-order valence-electron chi connectivity index (χ0n) is 13.6. The van der Waals surface area contributed by atoms with Crippen molar-refractivity contribution in [2.24, 2.45) is 11.8 Å². The van der Waals surface area contributed by atoms with Gasteiger partial charge in [-0.2, -0.15) is 0 Å². The molecule has 2 heterocycles. The van der Waals surface area contributed by atoms with Crippen molar-refractivity contribution in [2.75, 3.05) is 13.1 Å². The number of aromatic nitrogens is 2. The van der Waals surface area contributed by atoms with Gasteiger partial charge in [0.15, 0.2) is 0 Å². The Morgan fingerprint density at radius 2 is 1.86 bits per heavy atom. The predicted octanol–water partition coefficient (Wildman–Crippen LogP) is 3.40. The summed E-state index contributed by atoms with van der Waals surface area (Å²) in [5.74, 6) is 1.02.